The Bertz CT molecular complexity index is 525. The number of pyridine rings is 1. The molecule has 0 amide bonds. The summed E-state index contributed by atoms with van der Waals surface area (Å²) in [5.74, 6) is -0.757. The van der Waals surface area contributed by atoms with E-state index in [2.05, 4.69) is 4.98 Å². The molecule has 0 aromatic carbocycles. The smallest absolute Gasteiger partial charge is 0.341 e. The van der Waals surface area contributed by atoms with Gasteiger partial charge >= 0.3 is 5.97 Å². The first-order valence-electron chi connectivity index (χ1n) is 7.37. The van der Waals surface area contributed by atoms with E-state index in [0.29, 0.717) is 13.0 Å². The Balaban J connectivity index is 2.15. The number of ether oxygens (including phenoxy) is 2. The predicted octanol–water partition coefficient (Wildman–Crippen LogP) is 2.85. The van der Waals surface area contributed by atoms with Crippen molar-refractivity contribution in [2.24, 2.45) is 0 Å². The summed E-state index contributed by atoms with van der Waals surface area (Å²) in [4.78, 5) is 15.8. The number of methoxy groups -OCH3 is 1. The number of hydrogen-bond acceptors (Lipinski definition) is 4. The normalized spacial score (nSPS) is 14.6. The third-order valence-corrected chi connectivity index (χ3v) is 3.99. The summed E-state index contributed by atoms with van der Waals surface area (Å²) < 4.78 is 11.0. The van der Waals surface area contributed by atoms with Crippen molar-refractivity contribution in [2.45, 2.75) is 51.6 Å². The van der Waals surface area contributed by atoms with Crippen molar-refractivity contribution in [3.05, 3.63) is 22.9 Å². The van der Waals surface area contributed by atoms with E-state index in [1.165, 1.54) is 0 Å². The van der Waals surface area contributed by atoms with Gasteiger partial charge in [0.05, 0.1) is 12.2 Å². The van der Waals surface area contributed by atoms with Gasteiger partial charge in [-0.1, -0.05) is 0 Å². The van der Waals surface area contributed by atoms with Crippen molar-refractivity contribution in [3.63, 3.8) is 0 Å². The zero-order valence-electron chi connectivity index (χ0n) is 12.9. The maximum atomic E-state index is 11.4. The molecule has 5 heteroatoms. The van der Waals surface area contributed by atoms with Crippen LogP contribution in [-0.4, -0.2) is 35.4 Å². The molecular formula is C16H23NO4. The van der Waals surface area contributed by atoms with Crippen LogP contribution in [-0.2, 0) is 17.6 Å². The molecule has 5 nitrogen and oxygen atoms in total. The lowest BCUT2D eigenvalue weighted by Gasteiger charge is -2.23. The molecule has 0 aliphatic heterocycles. The average molecular weight is 293 g/mol. The van der Waals surface area contributed by atoms with Gasteiger partial charge in [-0.15, -0.1) is 0 Å². The van der Waals surface area contributed by atoms with Crippen LogP contribution in [0.4, 0.5) is 0 Å². The number of carbonyl (C=O) groups is 1. The van der Waals surface area contributed by atoms with Crippen LogP contribution in [0, 0.1) is 0 Å². The van der Waals surface area contributed by atoms with E-state index in [1.807, 2.05) is 13.8 Å². The van der Waals surface area contributed by atoms with Crippen LogP contribution in [0.5, 0.6) is 5.88 Å². The maximum Gasteiger partial charge on any atom is 0.341 e. The van der Waals surface area contributed by atoms with Crippen molar-refractivity contribution >= 4 is 5.97 Å². The Kier molecular flexibility index (Phi) is 4.83. The molecule has 0 bridgehead atoms. The Morgan fingerprint density at radius 2 is 2.10 bits per heavy atom. The summed E-state index contributed by atoms with van der Waals surface area (Å²) in [5.41, 5.74) is 1.89. The van der Waals surface area contributed by atoms with E-state index < -0.39 is 5.97 Å². The SMILES string of the molecule is COC(C)(C)CCOc1nc2c(cc1C(=O)O)CCCC2. The zero-order chi connectivity index (χ0) is 15.5. The monoisotopic (exact) mass is 293 g/mol. The van der Waals surface area contributed by atoms with Crippen LogP contribution >= 0.6 is 0 Å². The largest absolute Gasteiger partial charge is 0.477 e. The minimum atomic E-state index is -0.989. The van der Waals surface area contributed by atoms with Gasteiger partial charge in [0.1, 0.15) is 5.56 Å². The molecule has 1 aromatic rings. The fourth-order valence-electron chi connectivity index (χ4n) is 2.37. The molecule has 1 aromatic heterocycles. The molecule has 116 valence electrons. The summed E-state index contributed by atoms with van der Waals surface area (Å²) in [7, 11) is 1.65. The molecule has 0 atom stereocenters. The van der Waals surface area contributed by atoms with Gasteiger partial charge in [-0.2, -0.15) is 0 Å². The van der Waals surface area contributed by atoms with Gasteiger partial charge in [-0.25, -0.2) is 9.78 Å². The summed E-state index contributed by atoms with van der Waals surface area (Å²) in [6, 6.07) is 1.72. The molecule has 1 N–H and O–H groups in total. The Hall–Kier alpha value is -1.62. The number of carboxylic acids is 1. The summed E-state index contributed by atoms with van der Waals surface area (Å²) in [6.45, 7) is 4.32. The quantitative estimate of drug-likeness (QED) is 0.873. The molecule has 1 aliphatic carbocycles. The molecule has 0 radical (unpaired) electrons. The molecule has 2 rings (SSSR count). The molecule has 1 aliphatic rings. The Labute approximate surface area is 125 Å². The molecule has 0 saturated carbocycles. The number of fused-ring (bicyclic) bond motifs is 1. The van der Waals surface area contributed by atoms with Crippen molar-refractivity contribution in [1.82, 2.24) is 4.98 Å². The predicted molar refractivity (Wildman–Crippen MR) is 79.0 cm³/mol. The summed E-state index contributed by atoms with van der Waals surface area (Å²) in [6.07, 6.45) is 4.66. The fraction of sp³-hybridized carbons (Fsp3) is 0.625. The number of aryl methyl sites for hydroxylation is 2. The van der Waals surface area contributed by atoms with Crippen LogP contribution in [0.25, 0.3) is 0 Å². The first-order chi connectivity index (χ1) is 9.93. The number of rotatable bonds is 6. The van der Waals surface area contributed by atoms with E-state index in [1.54, 1.807) is 13.2 Å². The van der Waals surface area contributed by atoms with Gasteiger partial charge in [0.25, 0.3) is 0 Å². The summed E-state index contributed by atoms with van der Waals surface area (Å²) in [5, 5.41) is 9.33. The minimum absolute atomic E-state index is 0.158. The van der Waals surface area contributed by atoms with E-state index in [4.69, 9.17) is 9.47 Å². The number of carboxylic acid groups (broad SMARTS) is 1. The second-order valence-electron chi connectivity index (χ2n) is 6.02. The second kappa shape index (κ2) is 6.43. The highest BCUT2D eigenvalue weighted by Crippen LogP contribution is 2.26. The second-order valence-corrected chi connectivity index (χ2v) is 6.02. The van der Waals surface area contributed by atoms with Crippen LogP contribution in [0.3, 0.4) is 0 Å². The van der Waals surface area contributed by atoms with Gasteiger partial charge < -0.3 is 14.6 Å². The fourth-order valence-corrected chi connectivity index (χ4v) is 2.37. The number of hydrogen-bond donors (Lipinski definition) is 1. The van der Waals surface area contributed by atoms with Gasteiger partial charge in [0.15, 0.2) is 0 Å². The van der Waals surface area contributed by atoms with Crippen molar-refractivity contribution in [1.29, 1.82) is 0 Å². The van der Waals surface area contributed by atoms with Crippen molar-refractivity contribution in [3.8, 4) is 5.88 Å². The van der Waals surface area contributed by atoms with E-state index in [0.717, 1.165) is 36.9 Å². The first kappa shape index (κ1) is 15.8. The lowest BCUT2D eigenvalue weighted by atomic mass is 9.95. The van der Waals surface area contributed by atoms with Gasteiger partial charge in [-0.05, 0) is 51.2 Å². The highest BCUT2D eigenvalue weighted by molar-refractivity contribution is 5.90. The highest BCUT2D eigenvalue weighted by Gasteiger charge is 2.21. The molecule has 0 unspecified atom stereocenters. The van der Waals surface area contributed by atoms with Gasteiger partial charge in [0, 0.05) is 19.2 Å². The average Bonchev–Trinajstić information content (AvgIpc) is 2.46. The van der Waals surface area contributed by atoms with Crippen molar-refractivity contribution < 1.29 is 19.4 Å². The molecular weight excluding hydrogens is 270 g/mol. The van der Waals surface area contributed by atoms with E-state index >= 15 is 0 Å². The number of nitrogens with zero attached hydrogens (tertiary/aromatic N) is 1. The van der Waals surface area contributed by atoms with E-state index in [9.17, 15) is 9.90 Å². The molecule has 1 heterocycles. The summed E-state index contributed by atoms with van der Waals surface area (Å²) >= 11 is 0. The highest BCUT2D eigenvalue weighted by atomic mass is 16.5. The first-order valence-corrected chi connectivity index (χ1v) is 7.37. The standard InChI is InChI=1S/C16H23NO4/c1-16(2,20-3)8-9-21-14-12(15(18)19)10-11-6-4-5-7-13(11)17-14/h10H,4-9H2,1-3H3,(H,18,19). The Morgan fingerprint density at radius 1 is 1.38 bits per heavy atom. The van der Waals surface area contributed by atoms with E-state index in [-0.39, 0.29) is 17.0 Å². The molecule has 0 saturated heterocycles. The minimum Gasteiger partial charge on any atom is -0.477 e. The maximum absolute atomic E-state index is 11.4. The zero-order valence-corrected chi connectivity index (χ0v) is 12.9. The van der Waals surface area contributed by atoms with Crippen LogP contribution in [0.2, 0.25) is 0 Å². The lowest BCUT2D eigenvalue weighted by molar-refractivity contribution is 0.00497. The third kappa shape index (κ3) is 3.94. The third-order valence-electron chi connectivity index (χ3n) is 3.99. The number of aromatic carboxylic acids is 1. The van der Waals surface area contributed by atoms with Crippen LogP contribution in [0.1, 0.15) is 54.7 Å². The lowest BCUT2D eigenvalue weighted by Crippen LogP contribution is -2.25. The van der Waals surface area contributed by atoms with Crippen LogP contribution < -0.4 is 4.74 Å². The molecule has 21 heavy (non-hydrogen) atoms. The van der Waals surface area contributed by atoms with Crippen LogP contribution in [0.15, 0.2) is 6.07 Å². The molecule has 0 fully saturated rings. The number of aromatic nitrogens is 1. The van der Waals surface area contributed by atoms with Gasteiger partial charge in [-0.3, -0.25) is 0 Å². The van der Waals surface area contributed by atoms with Crippen molar-refractivity contribution in [2.75, 3.05) is 13.7 Å². The topological polar surface area (TPSA) is 68.7 Å². The Morgan fingerprint density at radius 3 is 2.76 bits per heavy atom. The van der Waals surface area contributed by atoms with Gasteiger partial charge in [0.2, 0.25) is 5.88 Å². The molecule has 0 spiro atoms.